The lowest BCUT2D eigenvalue weighted by molar-refractivity contribution is -0.146. The van der Waals surface area contributed by atoms with Gasteiger partial charge in [-0.2, -0.15) is 0 Å². The zero-order chi connectivity index (χ0) is 14.0. The molecule has 1 saturated heterocycles. The van der Waals surface area contributed by atoms with Gasteiger partial charge >= 0.3 is 5.97 Å². The van der Waals surface area contributed by atoms with E-state index in [1.54, 1.807) is 17.4 Å². The Balaban J connectivity index is 2.06. The number of likely N-dealkylation sites (tertiary alicyclic amines) is 1. The third-order valence-electron chi connectivity index (χ3n) is 3.00. The van der Waals surface area contributed by atoms with Crippen LogP contribution in [0.4, 0.5) is 0 Å². The molecule has 5 nitrogen and oxygen atoms in total. The molecule has 0 radical (unpaired) electrons. The van der Waals surface area contributed by atoms with E-state index in [2.05, 4.69) is 0 Å². The van der Waals surface area contributed by atoms with Crippen LogP contribution >= 0.6 is 11.3 Å². The van der Waals surface area contributed by atoms with E-state index in [-0.39, 0.29) is 18.9 Å². The molecule has 2 rings (SSSR count). The first-order valence-corrected chi connectivity index (χ1v) is 6.75. The minimum atomic E-state index is -1.08. The maximum Gasteiger partial charge on any atom is 0.326 e. The first kappa shape index (κ1) is 13.8. The summed E-state index contributed by atoms with van der Waals surface area (Å²) >= 11 is 1.56. The van der Waals surface area contributed by atoms with E-state index < -0.39 is 18.1 Å². The molecule has 1 fully saturated rings. The van der Waals surface area contributed by atoms with Gasteiger partial charge < -0.3 is 15.1 Å². The number of carboxylic acids is 1. The topological polar surface area (TPSA) is 77.8 Å². The van der Waals surface area contributed by atoms with Crippen LogP contribution in [0.3, 0.4) is 0 Å². The number of β-amino-alcohol motifs (C(OH)–C–C–N with tert-alkyl or cyclic N) is 1. The molecule has 2 atom stereocenters. The van der Waals surface area contributed by atoms with Crippen molar-refractivity contribution in [2.24, 2.45) is 0 Å². The SMILES string of the molecule is Cc1ccc(/C=C/C(=O)N2CC(O)CC2C(=O)O)s1. The zero-order valence-corrected chi connectivity index (χ0v) is 11.3. The van der Waals surface area contributed by atoms with Crippen LogP contribution in [0, 0.1) is 6.92 Å². The predicted molar refractivity (Wildman–Crippen MR) is 71.9 cm³/mol. The lowest BCUT2D eigenvalue weighted by atomic mass is 10.2. The number of carbonyl (C=O) groups is 2. The van der Waals surface area contributed by atoms with Gasteiger partial charge in [0.2, 0.25) is 5.91 Å². The number of aliphatic hydroxyl groups excluding tert-OH is 1. The van der Waals surface area contributed by atoms with Gasteiger partial charge in [-0.1, -0.05) is 0 Å². The lowest BCUT2D eigenvalue weighted by Gasteiger charge is -2.19. The highest BCUT2D eigenvalue weighted by Crippen LogP contribution is 2.20. The Hall–Kier alpha value is -1.66. The molecular formula is C13H15NO4S. The molecule has 0 spiro atoms. The number of nitrogens with zero attached hydrogens (tertiary/aromatic N) is 1. The predicted octanol–water partition coefficient (Wildman–Crippen LogP) is 1.12. The third-order valence-corrected chi connectivity index (χ3v) is 3.96. The number of carbonyl (C=O) groups excluding carboxylic acids is 1. The molecule has 0 saturated carbocycles. The molecule has 1 amide bonds. The summed E-state index contributed by atoms with van der Waals surface area (Å²) in [6.45, 7) is 2.05. The van der Waals surface area contributed by atoms with Crippen molar-refractivity contribution in [3.05, 3.63) is 28.0 Å². The summed E-state index contributed by atoms with van der Waals surface area (Å²) in [5.41, 5.74) is 0. The number of aryl methyl sites for hydroxylation is 1. The van der Waals surface area contributed by atoms with E-state index >= 15 is 0 Å². The Labute approximate surface area is 114 Å². The maximum absolute atomic E-state index is 12.0. The van der Waals surface area contributed by atoms with Gasteiger partial charge in [-0.15, -0.1) is 11.3 Å². The van der Waals surface area contributed by atoms with Crippen LogP contribution in [-0.2, 0) is 9.59 Å². The van der Waals surface area contributed by atoms with Gasteiger partial charge in [0.25, 0.3) is 0 Å². The molecular weight excluding hydrogens is 266 g/mol. The van der Waals surface area contributed by atoms with Gasteiger partial charge in [0.1, 0.15) is 6.04 Å². The molecule has 0 aromatic carbocycles. The number of aliphatic carboxylic acids is 1. The Morgan fingerprint density at radius 1 is 1.47 bits per heavy atom. The fourth-order valence-electron chi connectivity index (χ4n) is 2.08. The largest absolute Gasteiger partial charge is 0.480 e. The van der Waals surface area contributed by atoms with Crippen molar-refractivity contribution >= 4 is 29.3 Å². The van der Waals surface area contributed by atoms with E-state index in [9.17, 15) is 14.7 Å². The molecule has 2 unspecified atom stereocenters. The van der Waals surface area contributed by atoms with Crippen LogP contribution in [-0.4, -0.2) is 45.7 Å². The van der Waals surface area contributed by atoms with Crippen LogP contribution in [0.1, 0.15) is 16.2 Å². The first-order valence-electron chi connectivity index (χ1n) is 5.93. The zero-order valence-electron chi connectivity index (χ0n) is 10.4. The summed E-state index contributed by atoms with van der Waals surface area (Å²) < 4.78 is 0. The summed E-state index contributed by atoms with van der Waals surface area (Å²) in [5.74, 6) is -1.46. The van der Waals surface area contributed by atoms with Crippen molar-refractivity contribution in [2.45, 2.75) is 25.5 Å². The van der Waals surface area contributed by atoms with Gasteiger partial charge in [0.15, 0.2) is 0 Å². The van der Waals surface area contributed by atoms with Crippen molar-refractivity contribution in [3.8, 4) is 0 Å². The second-order valence-electron chi connectivity index (χ2n) is 4.52. The smallest absolute Gasteiger partial charge is 0.326 e. The van der Waals surface area contributed by atoms with Crippen molar-refractivity contribution in [1.82, 2.24) is 4.90 Å². The van der Waals surface area contributed by atoms with Crippen LogP contribution in [0.2, 0.25) is 0 Å². The summed E-state index contributed by atoms with van der Waals surface area (Å²) in [6.07, 6.45) is 2.36. The molecule has 2 heterocycles. The summed E-state index contributed by atoms with van der Waals surface area (Å²) in [7, 11) is 0. The van der Waals surface area contributed by atoms with Crippen LogP contribution < -0.4 is 0 Å². The number of rotatable bonds is 3. The van der Waals surface area contributed by atoms with Gasteiger partial charge in [0, 0.05) is 28.8 Å². The van der Waals surface area contributed by atoms with E-state index in [0.29, 0.717) is 0 Å². The van der Waals surface area contributed by atoms with Crippen molar-refractivity contribution in [2.75, 3.05) is 6.54 Å². The molecule has 19 heavy (non-hydrogen) atoms. The summed E-state index contributed by atoms with van der Waals surface area (Å²) in [6, 6.07) is 2.92. The van der Waals surface area contributed by atoms with Gasteiger partial charge in [-0.05, 0) is 25.1 Å². The quantitative estimate of drug-likeness (QED) is 0.814. The van der Waals surface area contributed by atoms with E-state index in [1.807, 2.05) is 19.1 Å². The number of hydrogen-bond donors (Lipinski definition) is 2. The second kappa shape index (κ2) is 5.54. The number of carboxylic acid groups (broad SMARTS) is 1. The third kappa shape index (κ3) is 3.21. The first-order chi connectivity index (χ1) is 8.97. The van der Waals surface area contributed by atoms with Gasteiger partial charge in [0.05, 0.1) is 6.10 Å². The molecule has 0 aliphatic carbocycles. The van der Waals surface area contributed by atoms with Gasteiger partial charge in [-0.25, -0.2) is 4.79 Å². The Morgan fingerprint density at radius 2 is 2.21 bits per heavy atom. The average Bonchev–Trinajstić information content (AvgIpc) is 2.92. The molecule has 1 aromatic rings. The number of thiophene rings is 1. The van der Waals surface area contributed by atoms with E-state index in [4.69, 9.17) is 5.11 Å². The number of hydrogen-bond acceptors (Lipinski definition) is 4. The number of aliphatic hydroxyl groups is 1. The molecule has 102 valence electrons. The highest BCUT2D eigenvalue weighted by atomic mass is 32.1. The average molecular weight is 281 g/mol. The minimum Gasteiger partial charge on any atom is -0.480 e. The van der Waals surface area contributed by atoms with Crippen molar-refractivity contribution < 1.29 is 19.8 Å². The fourth-order valence-corrected chi connectivity index (χ4v) is 2.86. The highest BCUT2D eigenvalue weighted by Gasteiger charge is 2.37. The normalized spacial score (nSPS) is 23.2. The highest BCUT2D eigenvalue weighted by molar-refractivity contribution is 7.12. The summed E-state index contributed by atoms with van der Waals surface area (Å²) in [5, 5.41) is 18.5. The summed E-state index contributed by atoms with van der Waals surface area (Å²) in [4.78, 5) is 26.3. The van der Waals surface area contributed by atoms with Crippen molar-refractivity contribution in [1.29, 1.82) is 0 Å². The van der Waals surface area contributed by atoms with Gasteiger partial charge in [-0.3, -0.25) is 4.79 Å². The van der Waals surface area contributed by atoms with E-state index in [0.717, 1.165) is 9.75 Å². The molecule has 1 aromatic heterocycles. The Morgan fingerprint density at radius 3 is 2.79 bits per heavy atom. The number of amides is 1. The standard InChI is InChI=1S/C13H15NO4S/c1-8-2-3-10(19-8)4-5-12(16)14-7-9(15)6-11(14)13(17)18/h2-5,9,11,15H,6-7H2,1H3,(H,17,18)/b5-4+. The van der Waals surface area contributed by atoms with Crippen LogP contribution in [0.5, 0.6) is 0 Å². The molecule has 2 N–H and O–H groups in total. The minimum absolute atomic E-state index is 0.0730. The molecule has 1 aliphatic heterocycles. The monoisotopic (exact) mass is 281 g/mol. The second-order valence-corrected chi connectivity index (χ2v) is 5.84. The van der Waals surface area contributed by atoms with Crippen LogP contribution in [0.25, 0.3) is 6.08 Å². The molecule has 1 aliphatic rings. The maximum atomic E-state index is 12.0. The fraction of sp³-hybridized carbons (Fsp3) is 0.385. The van der Waals surface area contributed by atoms with Crippen molar-refractivity contribution in [3.63, 3.8) is 0 Å². The Bertz CT molecular complexity index is 522. The van der Waals surface area contributed by atoms with Crippen LogP contribution in [0.15, 0.2) is 18.2 Å². The Kier molecular flexibility index (Phi) is 4.01. The molecule has 6 heteroatoms. The van der Waals surface area contributed by atoms with E-state index in [1.165, 1.54) is 11.0 Å². The molecule has 0 bridgehead atoms. The lowest BCUT2D eigenvalue weighted by Crippen LogP contribution is -2.39.